The van der Waals surface area contributed by atoms with Crippen LogP contribution in [0.15, 0.2) is 24.4 Å². The number of fused-ring (bicyclic) bond motifs is 1. The predicted octanol–water partition coefficient (Wildman–Crippen LogP) is 2.77. The zero-order valence-electron chi connectivity index (χ0n) is 12.3. The van der Waals surface area contributed by atoms with Crippen LogP contribution in [0.2, 0.25) is 0 Å². The maximum Gasteiger partial charge on any atom is 0.0489 e. The molecular formula is C16H25N3. The summed E-state index contributed by atoms with van der Waals surface area (Å²) >= 11 is 0. The third-order valence-corrected chi connectivity index (χ3v) is 3.68. The maximum atomic E-state index is 3.44. The number of hydrogen-bond donors (Lipinski definition) is 2. The van der Waals surface area contributed by atoms with Crippen molar-refractivity contribution in [1.82, 2.24) is 15.2 Å². The SMILES string of the molecule is CCc1cccc2c(CN(C)CCCNC)c[nH]c12. The van der Waals surface area contributed by atoms with Crippen molar-refractivity contribution in [3.63, 3.8) is 0 Å². The molecule has 0 spiro atoms. The van der Waals surface area contributed by atoms with Crippen LogP contribution in [0.25, 0.3) is 10.9 Å². The first kappa shape index (κ1) is 14.1. The second kappa shape index (κ2) is 6.73. The molecule has 0 saturated heterocycles. The number of nitrogens with zero attached hydrogens (tertiary/aromatic N) is 1. The topological polar surface area (TPSA) is 31.1 Å². The molecule has 1 aromatic heterocycles. The van der Waals surface area contributed by atoms with Crippen LogP contribution < -0.4 is 5.32 Å². The summed E-state index contributed by atoms with van der Waals surface area (Å²) in [5.74, 6) is 0. The smallest absolute Gasteiger partial charge is 0.0489 e. The van der Waals surface area contributed by atoms with E-state index < -0.39 is 0 Å². The first-order chi connectivity index (χ1) is 9.26. The molecule has 2 aromatic rings. The second-order valence-corrected chi connectivity index (χ2v) is 5.20. The number of benzene rings is 1. The number of aromatic nitrogens is 1. The van der Waals surface area contributed by atoms with E-state index in [1.165, 1.54) is 28.5 Å². The number of aryl methyl sites for hydroxylation is 1. The zero-order valence-corrected chi connectivity index (χ0v) is 12.3. The van der Waals surface area contributed by atoms with Crippen LogP contribution in [-0.2, 0) is 13.0 Å². The zero-order chi connectivity index (χ0) is 13.7. The molecule has 1 heterocycles. The van der Waals surface area contributed by atoms with E-state index in [2.05, 4.69) is 53.6 Å². The van der Waals surface area contributed by atoms with Crippen LogP contribution >= 0.6 is 0 Å². The van der Waals surface area contributed by atoms with Crippen molar-refractivity contribution >= 4 is 10.9 Å². The van der Waals surface area contributed by atoms with Gasteiger partial charge >= 0.3 is 0 Å². The van der Waals surface area contributed by atoms with Crippen LogP contribution in [0.3, 0.4) is 0 Å². The van der Waals surface area contributed by atoms with Crippen LogP contribution in [0.1, 0.15) is 24.5 Å². The Morgan fingerprint density at radius 2 is 2.11 bits per heavy atom. The number of rotatable bonds is 7. The van der Waals surface area contributed by atoms with Crippen molar-refractivity contribution in [2.75, 3.05) is 27.2 Å². The molecule has 0 aliphatic carbocycles. The molecular weight excluding hydrogens is 234 g/mol. The number of nitrogens with one attached hydrogen (secondary N) is 2. The number of para-hydroxylation sites is 1. The van der Waals surface area contributed by atoms with Gasteiger partial charge in [-0.25, -0.2) is 0 Å². The summed E-state index contributed by atoms with van der Waals surface area (Å²) in [5.41, 5.74) is 4.11. The molecule has 2 N–H and O–H groups in total. The third-order valence-electron chi connectivity index (χ3n) is 3.68. The molecule has 0 amide bonds. The summed E-state index contributed by atoms with van der Waals surface area (Å²) in [7, 11) is 4.20. The van der Waals surface area contributed by atoms with Gasteiger partial charge in [0.25, 0.3) is 0 Å². The fraction of sp³-hybridized carbons (Fsp3) is 0.500. The van der Waals surface area contributed by atoms with Gasteiger partial charge in [-0.3, -0.25) is 0 Å². The van der Waals surface area contributed by atoms with Gasteiger partial charge in [0.1, 0.15) is 0 Å². The molecule has 0 radical (unpaired) electrons. The van der Waals surface area contributed by atoms with Crippen LogP contribution in [-0.4, -0.2) is 37.1 Å². The fourth-order valence-corrected chi connectivity index (χ4v) is 2.60. The van der Waals surface area contributed by atoms with Crippen molar-refractivity contribution in [2.45, 2.75) is 26.3 Å². The van der Waals surface area contributed by atoms with Gasteiger partial charge in [0.2, 0.25) is 0 Å². The molecule has 0 aliphatic heterocycles. The van der Waals surface area contributed by atoms with E-state index in [1.54, 1.807) is 0 Å². The van der Waals surface area contributed by atoms with Gasteiger partial charge in [-0.2, -0.15) is 0 Å². The predicted molar refractivity (Wildman–Crippen MR) is 82.6 cm³/mol. The standard InChI is InChI=1S/C16H25N3/c1-4-13-7-5-8-15-14(11-18-16(13)15)12-19(3)10-6-9-17-2/h5,7-8,11,17-18H,4,6,9-10,12H2,1-3H3. The van der Waals surface area contributed by atoms with E-state index in [9.17, 15) is 0 Å². The van der Waals surface area contributed by atoms with E-state index in [0.717, 1.165) is 26.1 Å². The largest absolute Gasteiger partial charge is 0.361 e. The maximum absolute atomic E-state index is 3.44. The second-order valence-electron chi connectivity index (χ2n) is 5.20. The highest BCUT2D eigenvalue weighted by Gasteiger charge is 2.08. The highest BCUT2D eigenvalue weighted by Crippen LogP contribution is 2.23. The van der Waals surface area contributed by atoms with Crippen molar-refractivity contribution < 1.29 is 0 Å². The molecule has 104 valence electrons. The lowest BCUT2D eigenvalue weighted by molar-refractivity contribution is 0.322. The van der Waals surface area contributed by atoms with Crippen molar-refractivity contribution in [3.8, 4) is 0 Å². The van der Waals surface area contributed by atoms with Gasteiger partial charge < -0.3 is 15.2 Å². The minimum atomic E-state index is 1.01. The lowest BCUT2D eigenvalue weighted by Gasteiger charge is -2.16. The summed E-state index contributed by atoms with van der Waals surface area (Å²) in [4.78, 5) is 5.83. The Labute approximate surface area is 116 Å². The minimum Gasteiger partial charge on any atom is -0.361 e. The number of aromatic amines is 1. The van der Waals surface area contributed by atoms with Crippen molar-refractivity contribution in [3.05, 3.63) is 35.5 Å². The molecule has 0 aliphatic rings. The summed E-state index contributed by atoms with van der Waals surface area (Å²) in [6.45, 7) is 5.43. The summed E-state index contributed by atoms with van der Waals surface area (Å²) < 4.78 is 0. The number of H-pyrrole nitrogens is 1. The van der Waals surface area contributed by atoms with E-state index in [1.807, 2.05) is 7.05 Å². The average molecular weight is 259 g/mol. The van der Waals surface area contributed by atoms with E-state index in [-0.39, 0.29) is 0 Å². The van der Waals surface area contributed by atoms with Gasteiger partial charge in [-0.1, -0.05) is 25.1 Å². The van der Waals surface area contributed by atoms with Gasteiger partial charge in [0.05, 0.1) is 0 Å². The Morgan fingerprint density at radius 3 is 2.84 bits per heavy atom. The highest BCUT2D eigenvalue weighted by atomic mass is 15.1. The normalized spacial score (nSPS) is 11.6. The Hall–Kier alpha value is -1.32. The van der Waals surface area contributed by atoms with Crippen LogP contribution in [0.4, 0.5) is 0 Å². The lowest BCUT2D eigenvalue weighted by atomic mass is 10.1. The molecule has 19 heavy (non-hydrogen) atoms. The quantitative estimate of drug-likeness (QED) is 0.749. The Bertz CT molecular complexity index is 516. The molecule has 0 bridgehead atoms. The molecule has 2 rings (SSSR count). The molecule has 3 heteroatoms. The van der Waals surface area contributed by atoms with Gasteiger partial charge in [0, 0.05) is 23.6 Å². The first-order valence-corrected chi connectivity index (χ1v) is 7.17. The Kier molecular flexibility index (Phi) is 5.00. The average Bonchev–Trinajstić information content (AvgIpc) is 2.82. The van der Waals surface area contributed by atoms with Gasteiger partial charge in [0.15, 0.2) is 0 Å². The van der Waals surface area contributed by atoms with Crippen molar-refractivity contribution in [1.29, 1.82) is 0 Å². The van der Waals surface area contributed by atoms with Crippen molar-refractivity contribution in [2.24, 2.45) is 0 Å². The monoisotopic (exact) mass is 259 g/mol. The lowest BCUT2D eigenvalue weighted by Crippen LogP contribution is -2.22. The molecule has 1 aromatic carbocycles. The molecule has 0 atom stereocenters. The third kappa shape index (κ3) is 3.37. The molecule has 3 nitrogen and oxygen atoms in total. The van der Waals surface area contributed by atoms with Crippen LogP contribution in [0, 0.1) is 0 Å². The molecule has 0 unspecified atom stereocenters. The first-order valence-electron chi connectivity index (χ1n) is 7.17. The van der Waals surface area contributed by atoms with E-state index in [0.29, 0.717) is 0 Å². The Morgan fingerprint density at radius 1 is 1.26 bits per heavy atom. The van der Waals surface area contributed by atoms with Gasteiger partial charge in [-0.05, 0) is 51.2 Å². The highest BCUT2D eigenvalue weighted by molar-refractivity contribution is 5.86. The van der Waals surface area contributed by atoms with Gasteiger partial charge in [-0.15, -0.1) is 0 Å². The summed E-state index contributed by atoms with van der Waals surface area (Å²) in [6, 6.07) is 6.60. The summed E-state index contributed by atoms with van der Waals surface area (Å²) in [5, 5.41) is 4.57. The van der Waals surface area contributed by atoms with Crippen LogP contribution in [0.5, 0.6) is 0 Å². The van der Waals surface area contributed by atoms with E-state index in [4.69, 9.17) is 0 Å². The fourth-order valence-electron chi connectivity index (χ4n) is 2.60. The molecule has 0 fully saturated rings. The van der Waals surface area contributed by atoms with E-state index >= 15 is 0 Å². The minimum absolute atomic E-state index is 1.01. The Balaban J connectivity index is 2.09. The molecule has 0 saturated carbocycles. The summed E-state index contributed by atoms with van der Waals surface area (Å²) in [6.07, 6.45) is 4.43. The number of hydrogen-bond acceptors (Lipinski definition) is 2.